The number of pyridine rings is 1. The molecule has 0 aliphatic rings. The molecule has 136 valence electrons. The van der Waals surface area contributed by atoms with Crippen LogP contribution in [0.1, 0.15) is 0 Å². The van der Waals surface area contributed by atoms with Crippen LogP contribution in [-0.2, 0) is 0 Å². The second-order valence-corrected chi connectivity index (χ2v) is 7.24. The fourth-order valence-corrected chi connectivity index (χ4v) is 4.07. The number of aromatic nitrogens is 1. The first-order valence-corrected chi connectivity index (χ1v) is 8.98. The zero-order chi connectivity index (χ0) is 19.1. The van der Waals surface area contributed by atoms with Crippen molar-refractivity contribution in [3.05, 3.63) is 71.3 Å². The highest BCUT2D eigenvalue weighted by molar-refractivity contribution is 7.24. The predicted molar refractivity (Wildman–Crippen MR) is 104 cm³/mol. The smallest absolute Gasteiger partial charge is 0.216 e. The largest absolute Gasteiger partial charge is 0.389 e. The fourth-order valence-electron chi connectivity index (χ4n) is 2.83. The van der Waals surface area contributed by atoms with Crippen LogP contribution >= 0.6 is 22.9 Å². The first-order valence-electron chi connectivity index (χ1n) is 7.79. The van der Waals surface area contributed by atoms with Crippen molar-refractivity contribution in [2.24, 2.45) is 0 Å². The van der Waals surface area contributed by atoms with Gasteiger partial charge < -0.3 is 11.1 Å². The Morgan fingerprint density at radius 3 is 2.44 bits per heavy atom. The zero-order valence-electron chi connectivity index (χ0n) is 13.6. The van der Waals surface area contributed by atoms with Gasteiger partial charge in [-0.25, -0.2) is 4.39 Å². The molecule has 4 aromatic rings. The summed E-state index contributed by atoms with van der Waals surface area (Å²) in [4.78, 5) is 3.12. The summed E-state index contributed by atoms with van der Waals surface area (Å²) in [6, 6.07) is 11.9. The van der Waals surface area contributed by atoms with Crippen LogP contribution in [0.25, 0.3) is 21.2 Å². The Morgan fingerprint density at radius 2 is 1.74 bits per heavy atom. The minimum atomic E-state index is -0.897. The normalized spacial score (nSPS) is 11.1. The van der Waals surface area contributed by atoms with Gasteiger partial charge in [-0.15, -0.1) is 11.3 Å². The van der Waals surface area contributed by atoms with E-state index in [1.165, 1.54) is 35.6 Å². The van der Waals surface area contributed by atoms with E-state index < -0.39 is 17.7 Å². The van der Waals surface area contributed by atoms with Crippen molar-refractivity contribution in [3.63, 3.8) is 0 Å². The Balaban J connectivity index is 1.84. The predicted octanol–water partition coefficient (Wildman–Crippen LogP) is 6.36. The number of nitrogens with two attached hydrogens (primary N) is 1. The maximum atomic E-state index is 13.5. The maximum Gasteiger partial charge on any atom is 0.216 e. The first kappa shape index (κ1) is 17.6. The third kappa shape index (κ3) is 3.31. The molecule has 3 N–H and O–H groups in total. The average Bonchev–Trinajstić information content (AvgIpc) is 2.93. The van der Waals surface area contributed by atoms with E-state index in [4.69, 9.17) is 17.3 Å². The van der Waals surface area contributed by atoms with E-state index in [0.717, 1.165) is 10.1 Å². The molecule has 0 fully saturated rings. The first-order chi connectivity index (χ1) is 12.9. The Morgan fingerprint density at radius 1 is 1.00 bits per heavy atom. The molecular formula is C19H11ClF3N3S. The molecule has 0 unspecified atom stereocenters. The molecule has 0 amide bonds. The lowest BCUT2D eigenvalue weighted by Crippen LogP contribution is -1.94. The molecule has 0 aliphatic heterocycles. The third-order valence-electron chi connectivity index (χ3n) is 4.01. The minimum absolute atomic E-state index is 0.0125. The summed E-state index contributed by atoms with van der Waals surface area (Å²) in [6.07, 6.45) is 0. The minimum Gasteiger partial charge on any atom is -0.389 e. The number of nitrogens with zero attached hydrogens (tertiary/aromatic N) is 1. The fraction of sp³-hybridized carbons (Fsp3) is 0. The molecule has 0 saturated carbocycles. The van der Waals surface area contributed by atoms with Gasteiger partial charge >= 0.3 is 0 Å². The van der Waals surface area contributed by atoms with Gasteiger partial charge in [-0.05, 0) is 29.3 Å². The van der Waals surface area contributed by atoms with Crippen molar-refractivity contribution >= 4 is 49.4 Å². The molecule has 0 radical (unpaired) electrons. The van der Waals surface area contributed by atoms with Gasteiger partial charge in [0, 0.05) is 27.9 Å². The van der Waals surface area contributed by atoms with Crippen LogP contribution in [-0.4, -0.2) is 4.98 Å². The SMILES string of the molecule is Nc1sc2c(-c3cc(F)nc(F)c3)cccc2c1Nc1ccc(F)c(Cl)c1. The summed E-state index contributed by atoms with van der Waals surface area (Å²) in [5.41, 5.74) is 8.35. The number of hydrogen-bond acceptors (Lipinski definition) is 4. The summed E-state index contributed by atoms with van der Waals surface area (Å²) in [5, 5.41) is 4.38. The molecule has 8 heteroatoms. The molecule has 0 atom stereocenters. The van der Waals surface area contributed by atoms with Crippen LogP contribution in [0.5, 0.6) is 0 Å². The monoisotopic (exact) mass is 405 g/mol. The molecule has 0 saturated heterocycles. The van der Waals surface area contributed by atoms with Crippen LogP contribution in [0.3, 0.4) is 0 Å². The number of halogens is 4. The van der Waals surface area contributed by atoms with Crippen LogP contribution < -0.4 is 11.1 Å². The number of nitrogens with one attached hydrogen (secondary N) is 1. The van der Waals surface area contributed by atoms with Gasteiger partial charge in [0.1, 0.15) is 10.8 Å². The molecule has 0 aliphatic carbocycles. The molecule has 2 aromatic carbocycles. The van der Waals surface area contributed by atoms with Crippen LogP contribution in [0.15, 0.2) is 48.5 Å². The van der Waals surface area contributed by atoms with E-state index in [-0.39, 0.29) is 5.02 Å². The van der Waals surface area contributed by atoms with Crippen molar-refractivity contribution < 1.29 is 13.2 Å². The molecule has 2 heterocycles. The molecule has 3 nitrogen and oxygen atoms in total. The van der Waals surface area contributed by atoms with Crippen molar-refractivity contribution in [3.8, 4) is 11.1 Å². The lowest BCUT2D eigenvalue weighted by Gasteiger charge is -2.08. The zero-order valence-corrected chi connectivity index (χ0v) is 15.1. The molecule has 4 rings (SSSR count). The van der Waals surface area contributed by atoms with Crippen LogP contribution in [0.2, 0.25) is 5.02 Å². The Bertz CT molecular complexity index is 1160. The van der Waals surface area contributed by atoms with Gasteiger partial charge in [0.25, 0.3) is 0 Å². The van der Waals surface area contributed by atoms with Crippen LogP contribution in [0.4, 0.5) is 29.5 Å². The van der Waals surface area contributed by atoms with E-state index in [1.54, 1.807) is 18.2 Å². The second kappa shape index (κ2) is 6.75. The number of nitrogen functional groups attached to an aromatic ring is 1. The van der Waals surface area contributed by atoms with E-state index in [2.05, 4.69) is 10.3 Å². The van der Waals surface area contributed by atoms with Gasteiger partial charge in [-0.2, -0.15) is 13.8 Å². The van der Waals surface area contributed by atoms with E-state index in [1.807, 2.05) is 6.07 Å². The lowest BCUT2D eigenvalue weighted by atomic mass is 10.0. The molecule has 0 bridgehead atoms. The Labute approximate surface area is 161 Å². The quantitative estimate of drug-likeness (QED) is 0.390. The summed E-state index contributed by atoms with van der Waals surface area (Å²) in [6.45, 7) is 0. The summed E-state index contributed by atoms with van der Waals surface area (Å²) < 4.78 is 41.2. The average molecular weight is 406 g/mol. The number of fused-ring (bicyclic) bond motifs is 1. The number of thiophene rings is 1. The maximum absolute atomic E-state index is 13.5. The van der Waals surface area contributed by atoms with E-state index >= 15 is 0 Å². The summed E-state index contributed by atoms with van der Waals surface area (Å²) in [7, 11) is 0. The standard InChI is InChI=1S/C19H11ClF3N3S/c20-13-8-10(4-5-14(13)21)25-17-12-3-1-2-11(18(12)27-19(17)24)9-6-15(22)26-16(23)7-9/h1-8,25H,24H2. The number of anilines is 3. The summed E-state index contributed by atoms with van der Waals surface area (Å²) in [5.74, 6) is -2.31. The number of rotatable bonds is 3. The number of benzene rings is 2. The topological polar surface area (TPSA) is 50.9 Å². The van der Waals surface area contributed by atoms with Gasteiger partial charge in [0.15, 0.2) is 0 Å². The van der Waals surface area contributed by atoms with E-state index in [9.17, 15) is 13.2 Å². The molecule has 27 heavy (non-hydrogen) atoms. The lowest BCUT2D eigenvalue weighted by molar-refractivity contribution is 0.513. The molecule has 0 spiro atoms. The second-order valence-electron chi connectivity index (χ2n) is 5.78. The van der Waals surface area contributed by atoms with Gasteiger partial charge in [-0.3, -0.25) is 0 Å². The van der Waals surface area contributed by atoms with Gasteiger partial charge in [0.05, 0.1) is 10.7 Å². The number of hydrogen-bond donors (Lipinski definition) is 2. The highest BCUT2D eigenvalue weighted by atomic mass is 35.5. The van der Waals surface area contributed by atoms with E-state index in [0.29, 0.717) is 27.5 Å². The van der Waals surface area contributed by atoms with Gasteiger partial charge in [-0.1, -0.05) is 29.8 Å². The summed E-state index contributed by atoms with van der Waals surface area (Å²) >= 11 is 7.11. The van der Waals surface area contributed by atoms with Crippen molar-refractivity contribution in [2.45, 2.75) is 0 Å². The highest BCUT2D eigenvalue weighted by Gasteiger charge is 2.16. The van der Waals surface area contributed by atoms with Crippen molar-refractivity contribution in [1.82, 2.24) is 4.98 Å². The Kier molecular flexibility index (Phi) is 4.41. The van der Waals surface area contributed by atoms with Gasteiger partial charge in [0.2, 0.25) is 11.9 Å². The Hall–Kier alpha value is -2.77. The molecule has 2 aromatic heterocycles. The van der Waals surface area contributed by atoms with Crippen molar-refractivity contribution in [2.75, 3.05) is 11.1 Å². The highest BCUT2D eigenvalue weighted by Crippen LogP contribution is 2.44. The molecular weight excluding hydrogens is 395 g/mol. The third-order valence-corrected chi connectivity index (χ3v) is 5.36. The van der Waals surface area contributed by atoms with Crippen molar-refractivity contribution in [1.29, 1.82) is 0 Å². The van der Waals surface area contributed by atoms with Crippen LogP contribution in [0, 0.1) is 17.7 Å².